The van der Waals surface area contributed by atoms with Crippen molar-refractivity contribution < 1.29 is 14.7 Å². The number of aliphatic carboxylic acids is 1. The fourth-order valence-corrected chi connectivity index (χ4v) is 3.20. The summed E-state index contributed by atoms with van der Waals surface area (Å²) in [5.74, 6) is -0.802. The molecule has 1 saturated heterocycles. The summed E-state index contributed by atoms with van der Waals surface area (Å²) in [5, 5.41) is 9.48. The average Bonchev–Trinajstić information content (AvgIpc) is 2.69. The zero-order valence-corrected chi connectivity index (χ0v) is 13.2. The molecular formula is C16H29NO3. The fourth-order valence-electron chi connectivity index (χ4n) is 3.20. The molecule has 4 heteroatoms. The van der Waals surface area contributed by atoms with Crippen LogP contribution in [0.25, 0.3) is 0 Å². The molecule has 1 fully saturated rings. The maximum atomic E-state index is 12.6. The van der Waals surface area contributed by atoms with Crippen LogP contribution < -0.4 is 0 Å². The summed E-state index contributed by atoms with van der Waals surface area (Å²) >= 11 is 0. The van der Waals surface area contributed by atoms with E-state index in [-0.39, 0.29) is 12.3 Å². The summed E-state index contributed by atoms with van der Waals surface area (Å²) in [6, 6.07) is 0.296. The first-order valence-corrected chi connectivity index (χ1v) is 8.03. The molecule has 0 bridgehead atoms. The number of hydrogen-bond donors (Lipinski definition) is 1. The van der Waals surface area contributed by atoms with E-state index in [0.717, 1.165) is 25.8 Å². The highest BCUT2D eigenvalue weighted by atomic mass is 16.4. The van der Waals surface area contributed by atoms with Crippen LogP contribution in [0.1, 0.15) is 72.1 Å². The van der Waals surface area contributed by atoms with Crippen molar-refractivity contribution in [1.29, 1.82) is 0 Å². The molecule has 0 aromatic heterocycles. The van der Waals surface area contributed by atoms with E-state index in [2.05, 4.69) is 6.92 Å². The lowest BCUT2D eigenvalue weighted by molar-refractivity contribution is -0.155. The molecule has 1 atom stereocenters. The molecule has 1 aliphatic rings. The molecule has 1 N–H and O–H groups in total. The maximum Gasteiger partial charge on any atom is 0.310 e. The Balaban J connectivity index is 2.83. The Labute approximate surface area is 122 Å². The Kier molecular flexibility index (Phi) is 6.50. The Morgan fingerprint density at radius 2 is 1.80 bits per heavy atom. The minimum Gasteiger partial charge on any atom is -0.481 e. The summed E-state index contributed by atoms with van der Waals surface area (Å²) in [6.45, 7) is 6.64. The maximum absolute atomic E-state index is 12.6. The van der Waals surface area contributed by atoms with Crippen LogP contribution in [-0.2, 0) is 9.59 Å². The van der Waals surface area contributed by atoms with Gasteiger partial charge in [-0.2, -0.15) is 0 Å². The summed E-state index contributed by atoms with van der Waals surface area (Å²) < 4.78 is 0. The highest BCUT2D eigenvalue weighted by Gasteiger charge is 2.39. The number of hydrogen-bond acceptors (Lipinski definition) is 2. The minimum absolute atomic E-state index is 0.0323. The van der Waals surface area contributed by atoms with Gasteiger partial charge in [0.1, 0.15) is 0 Å². The molecule has 1 amide bonds. The van der Waals surface area contributed by atoms with Crippen molar-refractivity contribution in [2.75, 3.05) is 6.54 Å². The first-order chi connectivity index (χ1) is 9.50. The van der Waals surface area contributed by atoms with Gasteiger partial charge in [0.15, 0.2) is 0 Å². The quantitative estimate of drug-likeness (QED) is 0.812. The Bertz CT molecular complexity index is 337. The molecule has 116 valence electrons. The predicted molar refractivity (Wildman–Crippen MR) is 79.5 cm³/mol. The number of rotatable bonds is 6. The van der Waals surface area contributed by atoms with Gasteiger partial charge in [-0.15, -0.1) is 0 Å². The van der Waals surface area contributed by atoms with Gasteiger partial charge in [-0.1, -0.05) is 33.6 Å². The van der Waals surface area contributed by atoms with Crippen LogP contribution in [-0.4, -0.2) is 34.5 Å². The largest absolute Gasteiger partial charge is 0.481 e. The molecular weight excluding hydrogens is 254 g/mol. The second kappa shape index (κ2) is 7.65. The number of likely N-dealkylation sites (tertiary alicyclic amines) is 1. The molecule has 0 aromatic rings. The van der Waals surface area contributed by atoms with Gasteiger partial charge in [0.2, 0.25) is 5.91 Å². The Hall–Kier alpha value is -1.06. The van der Waals surface area contributed by atoms with E-state index in [9.17, 15) is 14.7 Å². The van der Waals surface area contributed by atoms with Gasteiger partial charge in [-0.3, -0.25) is 9.59 Å². The molecule has 0 aliphatic carbocycles. The van der Waals surface area contributed by atoms with E-state index in [1.807, 2.05) is 18.7 Å². The minimum atomic E-state index is -0.887. The van der Waals surface area contributed by atoms with Gasteiger partial charge < -0.3 is 10.0 Å². The van der Waals surface area contributed by atoms with Gasteiger partial charge in [0.25, 0.3) is 0 Å². The second-order valence-corrected chi connectivity index (χ2v) is 5.97. The number of carbonyl (C=O) groups is 2. The summed E-state index contributed by atoms with van der Waals surface area (Å²) in [4.78, 5) is 26.1. The lowest BCUT2D eigenvalue weighted by atomic mass is 9.78. The lowest BCUT2D eigenvalue weighted by Crippen LogP contribution is -2.44. The molecule has 20 heavy (non-hydrogen) atoms. The summed E-state index contributed by atoms with van der Waals surface area (Å²) in [5.41, 5.74) is -0.887. The topological polar surface area (TPSA) is 57.6 Å². The molecule has 0 radical (unpaired) electrons. The van der Waals surface area contributed by atoms with Crippen molar-refractivity contribution >= 4 is 11.9 Å². The van der Waals surface area contributed by atoms with Crippen molar-refractivity contribution in [1.82, 2.24) is 4.90 Å². The number of carboxylic acids is 1. The third kappa shape index (κ3) is 3.74. The first-order valence-electron chi connectivity index (χ1n) is 8.03. The van der Waals surface area contributed by atoms with Crippen molar-refractivity contribution in [2.45, 2.75) is 78.2 Å². The first kappa shape index (κ1) is 17.0. The van der Waals surface area contributed by atoms with Crippen LogP contribution in [0.4, 0.5) is 0 Å². The summed E-state index contributed by atoms with van der Waals surface area (Å²) in [7, 11) is 0. The molecule has 1 heterocycles. The summed E-state index contributed by atoms with van der Waals surface area (Å²) in [6.07, 6.45) is 6.57. The van der Waals surface area contributed by atoms with Gasteiger partial charge in [-0.25, -0.2) is 0 Å². The molecule has 0 aromatic carbocycles. The molecule has 0 spiro atoms. The van der Waals surface area contributed by atoms with Crippen molar-refractivity contribution in [3.63, 3.8) is 0 Å². The highest BCUT2D eigenvalue weighted by molar-refractivity contribution is 5.85. The van der Waals surface area contributed by atoms with Gasteiger partial charge in [0.05, 0.1) is 5.41 Å². The molecule has 1 unspecified atom stereocenters. The lowest BCUT2D eigenvalue weighted by Gasteiger charge is -2.33. The van der Waals surface area contributed by atoms with E-state index in [4.69, 9.17) is 0 Å². The molecule has 4 nitrogen and oxygen atoms in total. The van der Waals surface area contributed by atoms with E-state index in [1.54, 1.807) is 0 Å². The molecule has 0 saturated carbocycles. The van der Waals surface area contributed by atoms with Crippen LogP contribution in [0, 0.1) is 5.41 Å². The number of carboxylic acid groups (broad SMARTS) is 1. The fraction of sp³-hybridized carbons (Fsp3) is 0.875. The van der Waals surface area contributed by atoms with Crippen LogP contribution >= 0.6 is 0 Å². The van der Waals surface area contributed by atoms with E-state index >= 15 is 0 Å². The van der Waals surface area contributed by atoms with Gasteiger partial charge in [-0.05, 0) is 32.1 Å². The van der Waals surface area contributed by atoms with Crippen molar-refractivity contribution in [3.8, 4) is 0 Å². The van der Waals surface area contributed by atoms with E-state index < -0.39 is 11.4 Å². The van der Waals surface area contributed by atoms with Crippen molar-refractivity contribution in [3.05, 3.63) is 0 Å². The SMILES string of the molecule is CCC1CCCCCN1C(=O)CC(CC)(CC)C(=O)O. The highest BCUT2D eigenvalue weighted by Crippen LogP contribution is 2.33. The van der Waals surface area contributed by atoms with Crippen LogP contribution in [0.5, 0.6) is 0 Å². The zero-order chi connectivity index (χ0) is 15.2. The van der Waals surface area contributed by atoms with E-state index in [0.29, 0.717) is 18.9 Å². The molecule has 1 rings (SSSR count). The average molecular weight is 283 g/mol. The zero-order valence-electron chi connectivity index (χ0n) is 13.2. The normalized spacial score (nSPS) is 20.6. The Morgan fingerprint density at radius 1 is 1.15 bits per heavy atom. The smallest absolute Gasteiger partial charge is 0.310 e. The third-order valence-corrected chi connectivity index (χ3v) is 4.97. The second-order valence-electron chi connectivity index (χ2n) is 5.97. The monoisotopic (exact) mass is 283 g/mol. The van der Waals surface area contributed by atoms with Crippen molar-refractivity contribution in [2.24, 2.45) is 5.41 Å². The third-order valence-electron chi connectivity index (χ3n) is 4.97. The van der Waals surface area contributed by atoms with Crippen LogP contribution in [0.3, 0.4) is 0 Å². The van der Waals surface area contributed by atoms with Crippen LogP contribution in [0.15, 0.2) is 0 Å². The predicted octanol–water partition coefficient (Wildman–Crippen LogP) is 3.45. The van der Waals surface area contributed by atoms with Gasteiger partial charge in [0, 0.05) is 19.0 Å². The Morgan fingerprint density at radius 3 is 2.30 bits per heavy atom. The standard InChI is InChI=1S/C16H29NO3/c1-4-13-10-8-7-9-11-17(13)14(18)12-16(5-2,6-3)15(19)20/h13H,4-12H2,1-3H3,(H,19,20). The van der Waals surface area contributed by atoms with Crippen LogP contribution in [0.2, 0.25) is 0 Å². The number of amides is 1. The van der Waals surface area contributed by atoms with Gasteiger partial charge >= 0.3 is 5.97 Å². The number of carbonyl (C=O) groups excluding carboxylic acids is 1. The van der Waals surface area contributed by atoms with E-state index in [1.165, 1.54) is 12.8 Å². The number of nitrogens with zero attached hydrogens (tertiary/aromatic N) is 1. The molecule has 1 aliphatic heterocycles.